The largest absolute Gasteiger partial charge is 0.378 e. The van der Waals surface area contributed by atoms with E-state index in [1.807, 2.05) is 29.2 Å². The fourth-order valence-corrected chi connectivity index (χ4v) is 4.29. The lowest BCUT2D eigenvalue weighted by molar-refractivity contribution is -0.128. The number of nitrogens with one attached hydrogen (secondary N) is 1. The predicted molar refractivity (Wildman–Crippen MR) is 131 cm³/mol. The van der Waals surface area contributed by atoms with Gasteiger partial charge in [0.1, 0.15) is 0 Å². The second-order valence-corrected chi connectivity index (χ2v) is 8.60. The highest BCUT2D eigenvalue weighted by molar-refractivity contribution is 5.94. The van der Waals surface area contributed by atoms with Crippen LogP contribution < -0.4 is 10.4 Å². The molecule has 35 heavy (non-hydrogen) atoms. The molecule has 2 heterocycles. The SMILES string of the molecule is CC(=O)N1CC=C(c2cccc(N(Cc3ccc(C(=O)NO)cc3)C(=O)N3CCOCC3)c2)CC1. The summed E-state index contributed by atoms with van der Waals surface area (Å²) in [5.74, 6) is -0.520. The maximum absolute atomic E-state index is 13.6. The molecule has 0 aliphatic carbocycles. The summed E-state index contributed by atoms with van der Waals surface area (Å²) in [5.41, 5.74) is 5.75. The molecule has 2 aliphatic rings. The summed E-state index contributed by atoms with van der Waals surface area (Å²) in [6.45, 7) is 5.21. The second-order valence-electron chi connectivity index (χ2n) is 8.60. The molecule has 0 saturated carbocycles. The number of anilines is 1. The average molecular weight is 479 g/mol. The molecule has 9 nitrogen and oxygen atoms in total. The molecule has 2 aromatic carbocycles. The average Bonchev–Trinajstić information content (AvgIpc) is 2.92. The number of nitrogens with zero attached hydrogens (tertiary/aromatic N) is 3. The molecular weight excluding hydrogens is 448 g/mol. The van der Waals surface area contributed by atoms with Gasteiger partial charge in [-0.3, -0.25) is 19.7 Å². The van der Waals surface area contributed by atoms with Crippen molar-refractivity contribution >= 4 is 29.1 Å². The number of hydroxylamine groups is 1. The Morgan fingerprint density at radius 2 is 1.77 bits per heavy atom. The first-order chi connectivity index (χ1) is 17.0. The van der Waals surface area contributed by atoms with Gasteiger partial charge in [-0.25, -0.2) is 10.3 Å². The Kier molecular flexibility index (Phi) is 7.79. The summed E-state index contributed by atoms with van der Waals surface area (Å²) < 4.78 is 5.42. The van der Waals surface area contributed by atoms with Crippen molar-refractivity contribution in [2.45, 2.75) is 19.9 Å². The third kappa shape index (κ3) is 5.87. The number of urea groups is 1. The molecule has 184 valence electrons. The zero-order valence-corrected chi connectivity index (χ0v) is 19.8. The minimum absolute atomic E-state index is 0.0684. The predicted octanol–water partition coefficient (Wildman–Crippen LogP) is 2.90. The van der Waals surface area contributed by atoms with Crippen LogP contribution in [-0.4, -0.2) is 72.2 Å². The molecule has 4 rings (SSSR count). The van der Waals surface area contributed by atoms with Crippen molar-refractivity contribution in [2.24, 2.45) is 0 Å². The molecule has 4 amide bonds. The molecular formula is C26H30N4O5. The van der Waals surface area contributed by atoms with E-state index >= 15 is 0 Å². The number of amides is 4. The standard InChI is InChI=1S/C26H30N4O5/c1-19(31)28-11-9-21(10-12-28)23-3-2-4-24(17-23)30(26(33)29-13-15-35-16-14-29)18-20-5-7-22(8-6-20)25(32)27-34/h2-9,17,34H,10-16,18H2,1H3,(H,27,32). The smallest absolute Gasteiger partial charge is 0.324 e. The van der Waals surface area contributed by atoms with E-state index < -0.39 is 5.91 Å². The Hall–Kier alpha value is -3.69. The van der Waals surface area contributed by atoms with Gasteiger partial charge in [0.05, 0.1) is 19.8 Å². The maximum Gasteiger partial charge on any atom is 0.324 e. The lowest BCUT2D eigenvalue weighted by Gasteiger charge is -2.33. The number of carbonyl (C=O) groups is 3. The topological polar surface area (TPSA) is 102 Å². The molecule has 1 fully saturated rings. The first kappa shape index (κ1) is 24.4. The molecule has 0 radical (unpaired) electrons. The first-order valence-corrected chi connectivity index (χ1v) is 11.7. The second kappa shape index (κ2) is 11.2. The summed E-state index contributed by atoms with van der Waals surface area (Å²) in [7, 11) is 0. The molecule has 2 aromatic rings. The van der Waals surface area contributed by atoms with Crippen molar-refractivity contribution in [3.63, 3.8) is 0 Å². The molecule has 2 aliphatic heterocycles. The van der Waals surface area contributed by atoms with Crippen LogP contribution in [0.3, 0.4) is 0 Å². The number of hydrogen-bond donors (Lipinski definition) is 2. The van der Waals surface area contributed by atoms with E-state index in [1.54, 1.807) is 46.5 Å². The van der Waals surface area contributed by atoms with E-state index in [0.29, 0.717) is 51.5 Å². The van der Waals surface area contributed by atoms with E-state index in [9.17, 15) is 14.4 Å². The highest BCUT2D eigenvalue weighted by atomic mass is 16.5. The van der Waals surface area contributed by atoms with E-state index in [2.05, 4.69) is 6.08 Å². The number of hydrogen-bond acceptors (Lipinski definition) is 5. The number of carbonyl (C=O) groups excluding carboxylic acids is 3. The van der Waals surface area contributed by atoms with Gasteiger partial charge in [0.25, 0.3) is 5.91 Å². The number of rotatable bonds is 5. The Labute approximate surface area is 204 Å². The van der Waals surface area contributed by atoms with Crippen LogP contribution in [0.2, 0.25) is 0 Å². The normalized spacial score (nSPS) is 15.9. The van der Waals surface area contributed by atoms with E-state index in [-0.39, 0.29) is 11.9 Å². The third-order valence-corrected chi connectivity index (χ3v) is 6.35. The van der Waals surface area contributed by atoms with Gasteiger partial charge in [-0.15, -0.1) is 0 Å². The van der Waals surface area contributed by atoms with Gasteiger partial charge in [-0.1, -0.05) is 30.3 Å². The van der Waals surface area contributed by atoms with Crippen LogP contribution in [0.1, 0.15) is 34.8 Å². The molecule has 0 spiro atoms. The number of benzene rings is 2. The van der Waals surface area contributed by atoms with Crippen molar-refractivity contribution in [3.8, 4) is 0 Å². The Bertz CT molecular complexity index is 1110. The number of morpholine rings is 1. The highest BCUT2D eigenvalue weighted by Crippen LogP contribution is 2.28. The first-order valence-electron chi connectivity index (χ1n) is 11.7. The lowest BCUT2D eigenvalue weighted by atomic mass is 9.98. The van der Waals surface area contributed by atoms with Crippen LogP contribution in [0, 0.1) is 0 Å². The third-order valence-electron chi connectivity index (χ3n) is 6.35. The van der Waals surface area contributed by atoms with Crippen LogP contribution >= 0.6 is 0 Å². The van der Waals surface area contributed by atoms with Crippen molar-refractivity contribution in [1.29, 1.82) is 0 Å². The zero-order valence-electron chi connectivity index (χ0n) is 19.8. The van der Waals surface area contributed by atoms with Crippen molar-refractivity contribution < 1.29 is 24.3 Å². The van der Waals surface area contributed by atoms with E-state index in [0.717, 1.165) is 28.8 Å². The minimum Gasteiger partial charge on any atom is -0.378 e. The molecule has 2 N–H and O–H groups in total. The van der Waals surface area contributed by atoms with Crippen LogP contribution in [0.5, 0.6) is 0 Å². The molecule has 0 bridgehead atoms. The Morgan fingerprint density at radius 1 is 1.03 bits per heavy atom. The van der Waals surface area contributed by atoms with Crippen LogP contribution in [0.25, 0.3) is 5.57 Å². The Balaban J connectivity index is 1.61. The van der Waals surface area contributed by atoms with Crippen molar-refractivity contribution in [1.82, 2.24) is 15.3 Å². The molecule has 0 atom stereocenters. The fourth-order valence-electron chi connectivity index (χ4n) is 4.29. The van der Waals surface area contributed by atoms with Gasteiger partial charge in [-0.2, -0.15) is 0 Å². The van der Waals surface area contributed by atoms with Gasteiger partial charge >= 0.3 is 6.03 Å². The van der Waals surface area contributed by atoms with E-state index in [1.165, 1.54) is 0 Å². The van der Waals surface area contributed by atoms with Crippen LogP contribution in [-0.2, 0) is 16.1 Å². The fraction of sp³-hybridized carbons (Fsp3) is 0.346. The molecule has 1 saturated heterocycles. The van der Waals surface area contributed by atoms with Crippen LogP contribution in [0.15, 0.2) is 54.6 Å². The lowest BCUT2D eigenvalue weighted by Crippen LogP contribution is -2.48. The minimum atomic E-state index is -0.588. The maximum atomic E-state index is 13.6. The van der Waals surface area contributed by atoms with Gasteiger partial charge in [0.2, 0.25) is 5.91 Å². The summed E-state index contributed by atoms with van der Waals surface area (Å²) in [5, 5.41) is 8.85. The molecule has 0 unspecified atom stereocenters. The zero-order chi connectivity index (χ0) is 24.8. The monoisotopic (exact) mass is 478 g/mol. The highest BCUT2D eigenvalue weighted by Gasteiger charge is 2.25. The summed E-state index contributed by atoms with van der Waals surface area (Å²) in [6, 6.07) is 14.6. The quantitative estimate of drug-likeness (QED) is 0.508. The van der Waals surface area contributed by atoms with Gasteiger partial charge < -0.3 is 14.5 Å². The molecule has 0 aromatic heterocycles. The van der Waals surface area contributed by atoms with Crippen molar-refractivity contribution in [2.75, 3.05) is 44.3 Å². The molecule has 9 heteroatoms. The van der Waals surface area contributed by atoms with Crippen LogP contribution in [0.4, 0.5) is 10.5 Å². The van der Waals surface area contributed by atoms with Gasteiger partial charge in [-0.05, 0) is 47.4 Å². The summed E-state index contributed by atoms with van der Waals surface area (Å²) in [4.78, 5) is 42.2. The van der Waals surface area contributed by atoms with Gasteiger partial charge in [0, 0.05) is 44.4 Å². The van der Waals surface area contributed by atoms with Crippen molar-refractivity contribution in [3.05, 3.63) is 71.3 Å². The summed E-state index contributed by atoms with van der Waals surface area (Å²) in [6.07, 6.45) is 2.83. The summed E-state index contributed by atoms with van der Waals surface area (Å²) >= 11 is 0. The number of ether oxygens (including phenoxy) is 1. The Morgan fingerprint density at radius 3 is 2.40 bits per heavy atom. The van der Waals surface area contributed by atoms with Gasteiger partial charge in [0.15, 0.2) is 0 Å². The van der Waals surface area contributed by atoms with E-state index in [4.69, 9.17) is 9.94 Å².